The Morgan fingerprint density at radius 1 is 1.03 bits per heavy atom. The van der Waals surface area contributed by atoms with Crippen LogP contribution in [0.5, 0.6) is 0 Å². The maximum atomic E-state index is 12.6. The molecule has 0 aliphatic carbocycles. The number of nitrogens with one attached hydrogen (secondary N) is 1. The number of aromatic nitrogens is 7. The normalized spacial score (nSPS) is 11.1. The fraction of sp³-hybridized carbons (Fsp3) is 0.222. The number of hydrogen-bond acceptors (Lipinski definition) is 8. The van der Waals surface area contributed by atoms with E-state index in [9.17, 15) is 9.59 Å². The second kappa shape index (κ2) is 6.86. The van der Waals surface area contributed by atoms with Crippen LogP contribution in [0, 0.1) is 6.92 Å². The van der Waals surface area contributed by atoms with Crippen LogP contribution in [0.1, 0.15) is 11.4 Å². The minimum Gasteiger partial charge on any atom is -0.368 e. The van der Waals surface area contributed by atoms with Crippen molar-refractivity contribution in [3.05, 3.63) is 62.8 Å². The molecule has 4 rings (SSSR count). The third kappa shape index (κ3) is 3.33. The Labute approximate surface area is 164 Å². The molecule has 3 aromatic heterocycles. The van der Waals surface area contributed by atoms with E-state index in [1.807, 2.05) is 31.2 Å². The lowest BCUT2D eigenvalue weighted by Gasteiger charge is -2.09. The van der Waals surface area contributed by atoms with Crippen LogP contribution in [-0.2, 0) is 20.6 Å². The highest BCUT2D eigenvalue weighted by Crippen LogP contribution is 2.15. The van der Waals surface area contributed by atoms with Gasteiger partial charge in [-0.05, 0) is 19.1 Å². The topological polar surface area (TPSA) is 139 Å². The van der Waals surface area contributed by atoms with E-state index in [1.165, 1.54) is 17.9 Å². The van der Waals surface area contributed by atoms with Crippen LogP contribution < -0.4 is 22.3 Å². The van der Waals surface area contributed by atoms with Crippen LogP contribution >= 0.6 is 0 Å². The minimum absolute atomic E-state index is 0.0503. The summed E-state index contributed by atoms with van der Waals surface area (Å²) in [6, 6.07) is 7.74. The van der Waals surface area contributed by atoms with Crippen molar-refractivity contribution < 1.29 is 0 Å². The van der Waals surface area contributed by atoms with E-state index in [1.54, 1.807) is 11.6 Å². The van der Waals surface area contributed by atoms with E-state index in [-0.39, 0.29) is 23.7 Å². The molecule has 3 heterocycles. The van der Waals surface area contributed by atoms with Gasteiger partial charge in [-0.3, -0.25) is 13.9 Å². The molecular formula is C18H19N9O2. The Kier molecular flexibility index (Phi) is 4.34. The van der Waals surface area contributed by atoms with E-state index in [2.05, 4.69) is 25.3 Å². The van der Waals surface area contributed by atoms with Crippen molar-refractivity contribution in [1.82, 2.24) is 33.6 Å². The van der Waals surface area contributed by atoms with Gasteiger partial charge in [-0.2, -0.15) is 15.0 Å². The molecule has 11 heteroatoms. The summed E-state index contributed by atoms with van der Waals surface area (Å²) >= 11 is 0. The van der Waals surface area contributed by atoms with Gasteiger partial charge in [0.05, 0.1) is 12.9 Å². The average molecular weight is 393 g/mol. The fourth-order valence-corrected chi connectivity index (χ4v) is 3.00. The third-order valence-electron chi connectivity index (χ3n) is 4.54. The molecule has 0 amide bonds. The molecule has 1 aromatic carbocycles. The molecule has 148 valence electrons. The number of anilines is 3. The quantitative estimate of drug-likeness (QED) is 0.505. The Hall–Kier alpha value is -4.02. The Morgan fingerprint density at radius 3 is 2.48 bits per heavy atom. The smallest absolute Gasteiger partial charge is 0.332 e. The van der Waals surface area contributed by atoms with Crippen molar-refractivity contribution in [3.63, 3.8) is 0 Å². The number of nitrogens with zero attached hydrogens (tertiary/aromatic N) is 7. The number of imidazole rings is 1. The summed E-state index contributed by atoms with van der Waals surface area (Å²) in [6.45, 7) is 2.14. The summed E-state index contributed by atoms with van der Waals surface area (Å²) < 4.78 is 3.94. The van der Waals surface area contributed by atoms with Gasteiger partial charge in [0.25, 0.3) is 5.56 Å². The zero-order valence-electron chi connectivity index (χ0n) is 16.1. The van der Waals surface area contributed by atoms with Gasteiger partial charge in [0.2, 0.25) is 11.9 Å². The summed E-state index contributed by atoms with van der Waals surface area (Å²) in [7, 11) is 2.98. The van der Waals surface area contributed by atoms with Crippen molar-refractivity contribution in [1.29, 1.82) is 0 Å². The van der Waals surface area contributed by atoms with Crippen LogP contribution in [0.25, 0.3) is 11.2 Å². The largest absolute Gasteiger partial charge is 0.368 e. The Balaban J connectivity index is 1.72. The van der Waals surface area contributed by atoms with Crippen molar-refractivity contribution in [3.8, 4) is 0 Å². The maximum Gasteiger partial charge on any atom is 0.332 e. The molecule has 4 aromatic rings. The van der Waals surface area contributed by atoms with Crippen LogP contribution in [0.2, 0.25) is 0 Å². The van der Waals surface area contributed by atoms with Crippen molar-refractivity contribution in [2.45, 2.75) is 13.5 Å². The van der Waals surface area contributed by atoms with E-state index in [4.69, 9.17) is 5.73 Å². The second-order valence-electron chi connectivity index (χ2n) is 6.67. The van der Waals surface area contributed by atoms with E-state index in [0.717, 1.165) is 15.8 Å². The zero-order chi connectivity index (χ0) is 20.7. The van der Waals surface area contributed by atoms with Crippen LogP contribution in [0.3, 0.4) is 0 Å². The lowest BCUT2D eigenvalue weighted by Crippen LogP contribution is -2.37. The summed E-state index contributed by atoms with van der Waals surface area (Å²) in [5.74, 6) is 0.692. The molecule has 0 saturated carbocycles. The van der Waals surface area contributed by atoms with Gasteiger partial charge in [0.1, 0.15) is 0 Å². The summed E-state index contributed by atoms with van der Waals surface area (Å²) in [6.07, 6.45) is 1.47. The minimum atomic E-state index is -0.444. The van der Waals surface area contributed by atoms with Crippen molar-refractivity contribution in [2.24, 2.45) is 14.1 Å². The molecule has 0 bridgehead atoms. The number of nitrogens with two attached hydrogens (primary N) is 1. The molecule has 0 atom stereocenters. The van der Waals surface area contributed by atoms with Gasteiger partial charge in [0, 0.05) is 19.8 Å². The average Bonchev–Trinajstić information content (AvgIpc) is 3.10. The van der Waals surface area contributed by atoms with Crippen molar-refractivity contribution in [2.75, 3.05) is 11.1 Å². The number of fused-ring (bicyclic) bond motifs is 1. The van der Waals surface area contributed by atoms with Gasteiger partial charge in [-0.15, -0.1) is 0 Å². The van der Waals surface area contributed by atoms with Crippen LogP contribution in [0.4, 0.5) is 17.6 Å². The lowest BCUT2D eigenvalue weighted by molar-refractivity contribution is 0.698. The lowest BCUT2D eigenvalue weighted by atomic mass is 10.2. The van der Waals surface area contributed by atoms with Crippen LogP contribution in [-0.4, -0.2) is 33.6 Å². The predicted molar refractivity (Wildman–Crippen MR) is 108 cm³/mol. The molecule has 0 aliphatic rings. The molecule has 3 N–H and O–H groups in total. The highest BCUT2D eigenvalue weighted by molar-refractivity contribution is 5.70. The first-order chi connectivity index (χ1) is 13.8. The molecule has 0 unspecified atom stereocenters. The predicted octanol–water partition coefficient (Wildman–Crippen LogP) is 0.301. The highest BCUT2D eigenvalue weighted by atomic mass is 16.2. The number of hydrogen-bond donors (Lipinski definition) is 2. The number of aryl methyl sites for hydroxylation is 2. The number of nitrogen functional groups attached to an aromatic ring is 1. The molecular weight excluding hydrogens is 374 g/mol. The number of benzene rings is 1. The van der Waals surface area contributed by atoms with Crippen LogP contribution in [0.15, 0.2) is 40.2 Å². The molecule has 0 saturated heterocycles. The standard InChI is InChI=1S/C18H19N9O2/c1-10-4-6-11(7-5-10)21-17-23-12(22-16(19)24-17)8-27-9-20-14-13(27)15(28)26(3)18(29)25(14)2/h4-7,9H,8H2,1-3H3,(H3,19,21,22,23,24). The molecule has 0 aliphatic heterocycles. The molecule has 11 nitrogen and oxygen atoms in total. The second-order valence-corrected chi connectivity index (χ2v) is 6.67. The summed E-state index contributed by atoms with van der Waals surface area (Å²) in [4.78, 5) is 41.5. The number of rotatable bonds is 4. The first-order valence-electron chi connectivity index (χ1n) is 8.78. The first kappa shape index (κ1) is 18.3. The van der Waals surface area contributed by atoms with Gasteiger partial charge in [-0.1, -0.05) is 17.7 Å². The van der Waals surface area contributed by atoms with Gasteiger partial charge in [0.15, 0.2) is 17.0 Å². The maximum absolute atomic E-state index is 12.6. The van der Waals surface area contributed by atoms with E-state index in [0.29, 0.717) is 11.8 Å². The fourth-order valence-electron chi connectivity index (χ4n) is 3.00. The summed E-state index contributed by atoms with van der Waals surface area (Å²) in [5, 5.41) is 3.09. The molecule has 0 radical (unpaired) electrons. The Bertz CT molecular complexity index is 1330. The van der Waals surface area contributed by atoms with Gasteiger partial charge in [-0.25, -0.2) is 9.78 Å². The van der Waals surface area contributed by atoms with Gasteiger partial charge < -0.3 is 15.6 Å². The van der Waals surface area contributed by atoms with E-state index >= 15 is 0 Å². The first-order valence-corrected chi connectivity index (χ1v) is 8.78. The van der Waals surface area contributed by atoms with Gasteiger partial charge >= 0.3 is 5.69 Å². The monoisotopic (exact) mass is 393 g/mol. The third-order valence-corrected chi connectivity index (χ3v) is 4.54. The summed E-state index contributed by atoms with van der Waals surface area (Å²) in [5.41, 5.74) is 7.46. The highest BCUT2D eigenvalue weighted by Gasteiger charge is 2.15. The molecule has 29 heavy (non-hydrogen) atoms. The SMILES string of the molecule is Cc1ccc(Nc2nc(N)nc(Cn3cnc4c3c(=O)n(C)c(=O)n4C)n2)cc1. The molecule has 0 fully saturated rings. The zero-order valence-corrected chi connectivity index (χ0v) is 16.1. The molecule has 0 spiro atoms. The Morgan fingerprint density at radius 2 is 1.76 bits per heavy atom. The van der Waals surface area contributed by atoms with E-state index < -0.39 is 11.2 Å². The van der Waals surface area contributed by atoms with Crippen molar-refractivity contribution >= 4 is 28.7 Å².